The lowest BCUT2D eigenvalue weighted by atomic mass is 9.95. The van der Waals surface area contributed by atoms with Crippen molar-refractivity contribution in [2.75, 3.05) is 0 Å². The number of hydrogen-bond acceptors (Lipinski definition) is 4. The van der Waals surface area contributed by atoms with Gasteiger partial charge in [-0.2, -0.15) is 0 Å². The highest BCUT2D eigenvalue weighted by atomic mass is 127. The van der Waals surface area contributed by atoms with E-state index in [-0.39, 0.29) is 4.82 Å². The van der Waals surface area contributed by atoms with Crippen LogP contribution in [0.2, 0.25) is 0 Å². The molecule has 0 spiro atoms. The molecule has 4 aromatic carbocycles. The maximum Gasteiger partial charge on any atom is 0.0888 e. The molecule has 0 saturated heterocycles. The van der Waals surface area contributed by atoms with Crippen LogP contribution in [0.25, 0.3) is 52.5 Å². The summed E-state index contributed by atoms with van der Waals surface area (Å²) >= 11 is 18.0. The number of fused-ring (bicyclic) bond motifs is 9. The van der Waals surface area contributed by atoms with Crippen LogP contribution in [0.4, 0.5) is 0 Å². The summed E-state index contributed by atoms with van der Waals surface area (Å²) in [4.78, 5) is 0. The molecule has 0 aliphatic heterocycles. The van der Waals surface area contributed by atoms with Gasteiger partial charge in [-0.25, -0.2) is 0 Å². The Labute approximate surface area is 255 Å². The lowest BCUT2D eigenvalue weighted by molar-refractivity contribution is 1.79. The minimum atomic E-state index is -0.0566. The van der Waals surface area contributed by atoms with E-state index in [0.29, 0.717) is 0 Å². The van der Waals surface area contributed by atoms with Crippen molar-refractivity contribution in [3.8, 4) is 0 Å². The Kier molecular flexibility index (Phi) is 7.69. The van der Waals surface area contributed by atoms with Crippen LogP contribution in [0.1, 0.15) is 0 Å². The summed E-state index contributed by atoms with van der Waals surface area (Å²) in [5, 5.41) is 11.0. The Morgan fingerprint density at radius 2 is 0.781 bits per heavy atom. The fourth-order valence-corrected chi connectivity index (χ4v) is 22.9. The van der Waals surface area contributed by atoms with E-state index in [0.717, 1.165) is 0 Å². The third-order valence-corrected chi connectivity index (χ3v) is 19.0. The van der Waals surface area contributed by atoms with Crippen LogP contribution in [-0.2, 0) is 0 Å². The lowest BCUT2D eigenvalue weighted by Gasteiger charge is -2.09. The maximum absolute atomic E-state index is 2.54. The van der Waals surface area contributed by atoms with Gasteiger partial charge in [0, 0.05) is 20.2 Å². The highest BCUT2D eigenvalue weighted by molar-refractivity contribution is 14.3. The summed E-state index contributed by atoms with van der Waals surface area (Å²) < 4.78 is 5.52. The van der Waals surface area contributed by atoms with Crippen LogP contribution in [0.5, 0.6) is 0 Å². The molecule has 0 atom stereocenters. The Hall–Kier alpha value is 2.06. The smallest absolute Gasteiger partial charge is 0.0888 e. The van der Waals surface area contributed by atoms with Crippen molar-refractivity contribution >= 4 is 191 Å². The molecule has 0 amide bonds. The molecule has 0 aliphatic carbocycles. The van der Waals surface area contributed by atoms with E-state index in [1.54, 1.807) is 0 Å². The van der Waals surface area contributed by atoms with E-state index in [1.807, 2.05) is 45.4 Å². The molecule has 6 aromatic rings. The number of hydrogen-bond donors (Lipinski definition) is 0. The summed E-state index contributed by atoms with van der Waals surface area (Å²) in [5.41, 5.74) is 0. The monoisotopic (exact) mass is 972 g/mol. The predicted molar refractivity (Wildman–Crippen MR) is 191 cm³/mol. The van der Waals surface area contributed by atoms with Gasteiger partial charge >= 0.3 is 0 Å². The largest absolute Gasteiger partial charge is 0.128 e. The number of halogens is 4. The van der Waals surface area contributed by atoms with Crippen LogP contribution >= 0.6 is 138 Å². The molecule has 0 saturated carbocycles. The molecular formula is C22H10I4P2S4. The first-order valence-corrected chi connectivity index (χ1v) is 27.6. The van der Waals surface area contributed by atoms with E-state index in [9.17, 15) is 0 Å². The zero-order chi connectivity index (χ0) is 22.0. The van der Waals surface area contributed by atoms with Gasteiger partial charge in [-0.3, -0.25) is 0 Å². The normalized spacial score (nSPS) is 12.6. The molecule has 6 rings (SSSR count). The van der Waals surface area contributed by atoms with Gasteiger partial charge in [0.05, 0.1) is 13.2 Å². The number of thiophene rings is 2. The summed E-state index contributed by atoms with van der Waals surface area (Å²) in [6.45, 7) is 0. The summed E-state index contributed by atoms with van der Waals surface area (Å²) in [7, 11) is 0. The second kappa shape index (κ2) is 10.1. The Balaban J connectivity index is 1.59. The number of rotatable bonds is 4. The van der Waals surface area contributed by atoms with Crippen molar-refractivity contribution in [2.45, 2.75) is 8.42 Å². The van der Waals surface area contributed by atoms with Crippen molar-refractivity contribution in [1.29, 1.82) is 0 Å². The average molecular weight is 972 g/mol. The van der Waals surface area contributed by atoms with Gasteiger partial charge in [-0.15, -0.1) is 22.7 Å². The first-order valence-electron chi connectivity index (χ1n) is 9.31. The van der Waals surface area contributed by atoms with Crippen LogP contribution < -0.4 is 0 Å². The molecule has 0 unspecified atom stereocenters. The van der Waals surface area contributed by atoms with E-state index in [1.165, 1.54) is 60.9 Å². The topological polar surface area (TPSA) is 0 Å². The molecule has 2 heterocycles. The van der Waals surface area contributed by atoms with E-state index in [4.69, 9.17) is 0 Å². The molecule has 2 aromatic heterocycles. The summed E-state index contributed by atoms with van der Waals surface area (Å²) in [6.07, 6.45) is 0. The van der Waals surface area contributed by atoms with Crippen molar-refractivity contribution in [2.24, 2.45) is 0 Å². The van der Waals surface area contributed by atoms with Crippen molar-refractivity contribution in [3.05, 3.63) is 60.7 Å². The molecule has 0 N–H and O–H groups in total. The van der Waals surface area contributed by atoms with Gasteiger partial charge in [0.1, 0.15) is 0 Å². The molecule has 0 nitrogen and oxygen atoms in total. The van der Waals surface area contributed by atoms with Crippen LogP contribution in [-0.4, -0.2) is 0 Å². The lowest BCUT2D eigenvalue weighted by Crippen LogP contribution is -1.81. The van der Waals surface area contributed by atoms with Gasteiger partial charge in [-0.05, 0) is 145 Å². The van der Waals surface area contributed by atoms with Crippen molar-refractivity contribution in [1.82, 2.24) is 0 Å². The molecule has 32 heavy (non-hydrogen) atoms. The molecule has 0 bridgehead atoms. The quantitative estimate of drug-likeness (QED) is 0.0981. The van der Waals surface area contributed by atoms with Crippen LogP contribution in [0.3, 0.4) is 0 Å². The van der Waals surface area contributed by atoms with Gasteiger partial charge in [0.25, 0.3) is 0 Å². The fraction of sp³-hybridized carbons (Fsp3) is 0. The minimum Gasteiger partial charge on any atom is -0.128 e. The Bertz CT molecular complexity index is 1530. The van der Waals surface area contributed by atoms with Crippen molar-refractivity contribution < 1.29 is 0 Å². The van der Waals surface area contributed by atoms with Crippen LogP contribution in [0, 0.1) is 0 Å². The Morgan fingerprint density at radius 3 is 1.12 bits per heavy atom. The van der Waals surface area contributed by atoms with Gasteiger partial charge in [0.15, 0.2) is 0 Å². The predicted octanol–water partition coefficient (Wildman–Crippen LogP) is 14.0. The third kappa shape index (κ3) is 4.59. The van der Waals surface area contributed by atoms with E-state index < -0.39 is 0 Å². The Morgan fingerprint density at radius 1 is 0.469 bits per heavy atom. The van der Waals surface area contributed by atoms with E-state index >= 15 is 0 Å². The molecule has 0 fully saturated rings. The summed E-state index contributed by atoms with van der Waals surface area (Å²) in [5.74, 6) is 0. The summed E-state index contributed by atoms with van der Waals surface area (Å²) in [6, 6.07) is 23.5. The zero-order valence-corrected chi connectivity index (χ0v) is 29.5. The van der Waals surface area contributed by atoms with Gasteiger partial charge in [-0.1, -0.05) is 59.2 Å². The standard InChI is InChI=1S/C22H10I4P2S4/c23-27(24)31-21-9-17-15-3-1-11-12(14(15)6-8-19(17)29-21)2-4-16-13(11)5-7-20-18(16)10-22(30-20)32-28(25)26/h1-10H. The first kappa shape index (κ1) is 24.4. The third-order valence-electron chi connectivity index (χ3n) is 5.46. The number of benzene rings is 4. The molecular weight excluding hydrogens is 962 g/mol. The van der Waals surface area contributed by atoms with E-state index in [2.05, 4.69) is 149 Å². The zero-order valence-electron chi connectivity index (χ0n) is 15.8. The molecule has 10 heteroatoms. The second-order valence-corrected chi connectivity index (χ2v) is 45.6. The molecule has 0 radical (unpaired) electrons. The molecule has 0 aliphatic rings. The average Bonchev–Trinajstić information content (AvgIpc) is 3.34. The van der Waals surface area contributed by atoms with Crippen molar-refractivity contribution in [3.63, 3.8) is 0 Å². The minimum absolute atomic E-state index is 0.0566. The maximum atomic E-state index is 2.54. The fourth-order valence-electron chi connectivity index (χ4n) is 4.26. The molecule has 160 valence electrons. The van der Waals surface area contributed by atoms with Gasteiger partial charge in [0.2, 0.25) is 0 Å². The van der Waals surface area contributed by atoms with Gasteiger partial charge < -0.3 is 0 Å². The van der Waals surface area contributed by atoms with Crippen LogP contribution in [0.15, 0.2) is 69.1 Å². The first-order chi connectivity index (χ1) is 15.5. The highest BCUT2D eigenvalue weighted by Gasteiger charge is 2.14. The second-order valence-electron chi connectivity index (χ2n) is 7.09. The highest BCUT2D eigenvalue weighted by Crippen LogP contribution is 2.69. The SMILES string of the molecule is IP(I)Sc1cc2c(ccc3c2ccc2c4ccc5sc(SP(I)I)cc5c4ccc32)s1.